The van der Waals surface area contributed by atoms with Crippen LogP contribution in [0.1, 0.15) is 38.1 Å². The molecular formula is C24H31N3O2S2. The maximum atomic E-state index is 13.5. The number of thiazole rings is 1. The van der Waals surface area contributed by atoms with Crippen molar-refractivity contribution in [1.82, 2.24) is 9.88 Å². The molecule has 31 heavy (non-hydrogen) atoms. The van der Waals surface area contributed by atoms with E-state index in [0.29, 0.717) is 12.1 Å². The molecule has 3 rings (SSSR count). The maximum absolute atomic E-state index is 13.5. The fourth-order valence-electron chi connectivity index (χ4n) is 3.30. The van der Waals surface area contributed by atoms with Crippen LogP contribution < -0.4 is 9.64 Å². The van der Waals surface area contributed by atoms with E-state index in [9.17, 15) is 4.79 Å². The lowest BCUT2D eigenvalue weighted by molar-refractivity contribution is 0.0983. The van der Waals surface area contributed by atoms with E-state index in [2.05, 4.69) is 37.1 Å². The number of anilines is 1. The molecule has 1 aromatic heterocycles. The highest BCUT2D eigenvalue weighted by Gasteiger charge is 2.22. The van der Waals surface area contributed by atoms with E-state index in [1.165, 1.54) is 4.90 Å². The minimum absolute atomic E-state index is 0.0348. The van der Waals surface area contributed by atoms with Gasteiger partial charge in [-0.2, -0.15) is 0 Å². The molecule has 2 aromatic carbocycles. The van der Waals surface area contributed by atoms with Gasteiger partial charge in [0.2, 0.25) is 0 Å². The largest absolute Gasteiger partial charge is 0.491 e. The second-order valence-corrected chi connectivity index (χ2v) is 9.39. The van der Waals surface area contributed by atoms with E-state index in [1.807, 2.05) is 49.1 Å². The average molecular weight is 458 g/mol. The van der Waals surface area contributed by atoms with Crippen molar-refractivity contribution in [2.75, 3.05) is 37.3 Å². The molecule has 0 saturated heterocycles. The molecule has 3 aromatic rings. The highest BCUT2D eigenvalue weighted by atomic mass is 32.2. The molecule has 0 aliphatic heterocycles. The molecule has 0 aliphatic carbocycles. The Kier molecular flexibility index (Phi) is 8.35. The van der Waals surface area contributed by atoms with Gasteiger partial charge in [-0.3, -0.25) is 9.69 Å². The fraction of sp³-hybridized carbons (Fsp3) is 0.417. The van der Waals surface area contributed by atoms with Gasteiger partial charge in [0.25, 0.3) is 5.91 Å². The maximum Gasteiger partial charge on any atom is 0.260 e. The molecule has 5 nitrogen and oxygen atoms in total. The number of benzene rings is 2. The van der Waals surface area contributed by atoms with E-state index < -0.39 is 0 Å². The van der Waals surface area contributed by atoms with Crippen molar-refractivity contribution in [3.05, 3.63) is 48.0 Å². The summed E-state index contributed by atoms with van der Waals surface area (Å²) in [5, 5.41) is 0.743. The second-order valence-electron chi connectivity index (χ2n) is 7.50. The molecule has 0 fully saturated rings. The summed E-state index contributed by atoms with van der Waals surface area (Å²) >= 11 is 3.28. The summed E-state index contributed by atoms with van der Waals surface area (Å²) in [6.07, 6.45) is 2.16. The lowest BCUT2D eigenvalue weighted by Crippen LogP contribution is -2.38. The molecule has 0 bridgehead atoms. The molecule has 166 valence electrons. The molecule has 0 unspecified atom stereocenters. The summed E-state index contributed by atoms with van der Waals surface area (Å²) in [6, 6.07) is 13.6. The van der Waals surface area contributed by atoms with E-state index >= 15 is 0 Å². The van der Waals surface area contributed by atoms with Crippen molar-refractivity contribution in [2.24, 2.45) is 0 Å². The average Bonchev–Trinajstić information content (AvgIpc) is 3.19. The number of likely N-dealkylation sites (N-methyl/N-ethyl adjacent to an activating group) is 1. The topological polar surface area (TPSA) is 45.7 Å². The first-order chi connectivity index (χ1) is 14.9. The van der Waals surface area contributed by atoms with Crippen LogP contribution in [0.5, 0.6) is 5.75 Å². The van der Waals surface area contributed by atoms with Crippen LogP contribution in [0.4, 0.5) is 5.13 Å². The van der Waals surface area contributed by atoms with E-state index in [0.717, 1.165) is 40.7 Å². The van der Waals surface area contributed by atoms with Crippen LogP contribution in [-0.2, 0) is 0 Å². The summed E-state index contributed by atoms with van der Waals surface area (Å²) < 4.78 is 6.82. The number of ether oxygens (including phenoxy) is 1. The second kappa shape index (κ2) is 11.0. The van der Waals surface area contributed by atoms with Gasteiger partial charge in [0, 0.05) is 23.5 Å². The number of rotatable bonds is 10. The van der Waals surface area contributed by atoms with E-state index in [-0.39, 0.29) is 12.0 Å². The number of hydrogen-bond donors (Lipinski definition) is 0. The molecule has 7 heteroatoms. The smallest absolute Gasteiger partial charge is 0.260 e. The van der Waals surface area contributed by atoms with Gasteiger partial charge in [-0.15, -0.1) is 11.8 Å². The number of thioether (sulfide) groups is 1. The highest BCUT2D eigenvalue weighted by molar-refractivity contribution is 7.98. The minimum atomic E-state index is -0.0348. The standard InChI is InChI=1S/C24H31N3O2S2/c1-6-26(7-2)14-15-27(23(28)18-8-10-19(11-9-18)29-17(3)4)24-25-21-13-12-20(30-5)16-22(21)31-24/h8-13,16-17H,6-7,14-15H2,1-5H3. The predicted molar refractivity (Wildman–Crippen MR) is 133 cm³/mol. The van der Waals surface area contributed by atoms with Gasteiger partial charge in [0.1, 0.15) is 5.75 Å². The Labute approximate surface area is 193 Å². The molecule has 1 amide bonds. The Hall–Kier alpha value is -2.09. The van der Waals surface area contributed by atoms with Crippen LogP contribution in [0.2, 0.25) is 0 Å². The van der Waals surface area contributed by atoms with Crippen molar-refractivity contribution < 1.29 is 9.53 Å². The van der Waals surface area contributed by atoms with Crippen molar-refractivity contribution in [1.29, 1.82) is 0 Å². The van der Waals surface area contributed by atoms with Gasteiger partial charge >= 0.3 is 0 Å². The SMILES string of the molecule is CCN(CC)CCN(C(=O)c1ccc(OC(C)C)cc1)c1nc2ccc(SC)cc2s1. The van der Waals surface area contributed by atoms with Gasteiger partial charge in [0.05, 0.1) is 16.3 Å². The first-order valence-corrected chi connectivity index (χ1v) is 12.7. The molecule has 1 heterocycles. The van der Waals surface area contributed by atoms with Gasteiger partial charge in [-0.25, -0.2) is 4.98 Å². The number of amides is 1. The fourth-order valence-corrected chi connectivity index (χ4v) is 4.85. The van der Waals surface area contributed by atoms with Crippen molar-refractivity contribution in [3.63, 3.8) is 0 Å². The first kappa shape index (κ1) is 23.6. The minimum Gasteiger partial charge on any atom is -0.491 e. The van der Waals surface area contributed by atoms with Gasteiger partial charge < -0.3 is 9.64 Å². The monoisotopic (exact) mass is 457 g/mol. The number of carbonyl (C=O) groups is 1. The highest BCUT2D eigenvalue weighted by Crippen LogP contribution is 2.32. The molecule has 0 saturated carbocycles. The Balaban J connectivity index is 1.91. The number of hydrogen-bond acceptors (Lipinski definition) is 6. The van der Waals surface area contributed by atoms with Crippen LogP contribution in [0, 0.1) is 0 Å². The molecule has 0 N–H and O–H groups in total. The van der Waals surface area contributed by atoms with Gasteiger partial charge in [-0.05, 0) is 75.7 Å². The van der Waals surface area contributed by atoms with Crippen LogP contribution >= 0.6 is 23.1 Å². The predicted octanol–water partition coefficient (Wildman–Crippen LogP) is 5.79. The number of aromatic nitrogens is 1. The summed E-state index contributed by atoms with van der Waals surface area (Å²) in [7, 11) is 0. The summed E-state index contributed by atoms with van der Waals surface area (Å²) in [6.45, 7) is 11.6. The Morgan fingerprint density at radius 1 is 1.10 bits per heavy atom. The van der Waals surface area contributed by atoms with Crippen molar-refractivity contribution >= 4 is 44.4 Å². The molecule has 0 atom stereocenters. The zero-order chi connectivity index (χ0) is 22.4. The summed E-state index contributed by atoms with van der Waals surface area (Å²) in [4.78, 5) is 23.6. The molecule has 0 radical (unpaired) electrons. The lowest BCUT2D eigenvalue weighted by atomic mass is 10.2. The molecular weight excluding hydrogens is 426 g/mol. The van der Waals surface area contributed by atoms with Crippen molar-refractivity contribution in [3.8, 4) is 5.75 Å². The summed E-state index contributed by atoms with van der Waals surface area (Å²) in [5.41, 5.74) is 1.57. The van der Waals surface area contributed by atoms with Crippen LogP contribution in [0.15, 0.2) is 47.4 Å². The first-order valence-electron chi connectivity index (χ1n) is 10.7. The lowest BCUT2D eigenvalue weighted by Gasteiger charge is -2.24. The Bertz CT molecular complexity index is 998. The summed E-state index contributed by atoms with van der Waals surface area (Å²) in [5.74, 6) is 0.734. The third-order valence-electron chi connectivity index (χ3n) is 5.07. The van der Waals surface area contributed by atoms with E-state index in [1.54, 1.807) is 23.1 Å². The van der Waals surface area contributed by atoms with E-state index in [4.69, 9.17) is 9.72 Å². The van der Waals surface area contributed by atoms with Crippen molar-refractivity contribution in [2.45, 2.75) is 38.7 Å². The van der Waals surface area contributed by atoms with Crippen LogP contribution in [-0.4, -0.2) is 54.3 Å². The third-order valence-corrected chi connectivity index (χ3v) is 6.83. The Morgan fingerprint density at radius 2 is 1.81 bits per heavy atom. The number of nitrogens with zero attached hydrogens (tertiary/aromatic N) is 3. The Morgan fingerprint density at radius 3 is 2.42 bits per heavy atom. The molecule has 0 spiro atoms. The van der Waals surface area contributed by atoms with Crippen LogP contribution in [0.25, 0.3) is 10.2 Å². The quantitative estimate of drug-likeness (QED) is 0.360. The third kappa shape index (κ3) is 5.99. The molecule has 0 aliphatic rings. The van der Waals surface area contributed by atoms with Gasteiger partial charge in [0.15, 0.2) is 5.13 Å². The number of carbonyl (C=O) groups excluding carboxylic acids is 1. The normalized spacial score (nSPS) is 11.5. The van der Waals surface area contributed by atoms with Gasteiger partial charge in [-0.1, -0.05) is 25.2 Å². The zero-order valence-electron chi connectivity index (χ0n) is 18.9. The zero-order valence-corrected chi connectivity index (χ0v) is 20.6. The van der Waals surface area contributed by atoms with Crippen LogP contribution in [0.3, 0.4) is 0 Å². The number of fused-ring (bicyclic) bond motifs is 1.